The number of halogens is 2. The van der Waals surface area contributed by atoms with Crippen molar-refractivity contribution in [1.29, 1.82) is 0 Å². The van der Waals surface area contributed by atoms with Gasteiger partial charge in [0.05, 0.1) is 17.3 Å². The van der Waals surface area contributed by atoms with Crippen LogP contribution >= 0.6 is 11.6 Å². The third-order valence-corrected chi connectivity index (χ3v) is 3.60. The van der Waals surface area contributed by atoms with Crippen LogP contribution < -0.4 is 10.1 Å². The van der Waals surface area contributed by atoms with Gasteiger partial charge in [-0.15, -0.1) is 0 Å². The van der Waals surface area contributed by atoms with Crippen LogP contribution in [0.15, 0.2) is 42.5 Å². The molecule has 2 rings (SSSR count). The van der Waals surface area contributed by atoms with Gasteiger partial charge >= 0.3 is 0 Å². The van der Waals surface area contributed by atoms with E-state index < -0.39 is 5.82 Å². The summed E-state index contributed by atoms with van der Waals surface area (Å²) in [4.78, 5) is 23.0. The molecule has 0 radical (unpaired) electrons. The minimum atomic E-state index is -0.644. The van der Waals surface area contributed by atoms with Crippen LogP contribution in [0.25, 0.3) is 0 Å². The van der Waals surface area contributed by atoms with Crippen LogP contribution in [0.2, 0.25) is 5.02 Å². The van der Waals surface area contributed by atoms with Crippen LogP contribution in [0.3, 0.4) is 0 Å². The number of rotatable bonds is 7. The Morgan fingerprint density at radius 2 is 1.88 bits per heavy atom. The number of Topliss-reactive ketones (excluding diaryl/α,β-unsaturated/α-hetero) is 1. The molecule has 1 N–H and O–H groups in total. The maximum Gasteiger partial charge on any atom is 0.224 e. The van der Waals surface area contributed by atoms with E-state index >= 15 is 0 Å². The van der Waals surface area contributed by atoms with E-state index in [-0.39, 0.29) is 28.8 Å². The number of nitrogens with one attached hydrogen (secondary N) is 1. The SMILES string of the molecule is CC(=O)c1ccc(OCCCC(=O)Nc2cccc(Cl)c2F)cc1. The summed E-state index contributed by atoms with van der Waals surface area (Å²) >= 11 is 5.66. The Labute approximate surface area is 144 Å². The van der Waals surface area contributed by atoms with Crippen LogP contribution in [0.1, 0.15) is 30.1 Å². The molecule has 2 aromatic rings. The maximum absolute atomic E-state index is 13.7. The van der Waals surface area contributed by atoms with Crippen molar-refractivity contribution in [2.24, 2.45) is 0 Å². The van der Waals surface area contributed by atoms with Gasteiger partial charge in [0.25, 0.3) is 0 Å². The first-order chi connectivity index (χ1) is 11.5. The Morgan fingerprint density at radius 1 is 1.17 bits per heavy atom. The second-order valence-electron chi connectivity index (χ2n) is 5.18. The zero-order valence-corrected chi connectivity index (χ0v) is 13.9. The standard InChI is InChI=1S/C18H17ClFNO3/c1-12(22)13-7-9-14(10-8-13)24-11-3-6-17(23)21-16-5-2-4-15(19)18(16)20/h2,4-5,7-10H,3,6,11H2,1H3,(H,21,23). The lowest BCUT2D eigenvalue weighted by Crippen LogP contribution is -2.14. The van der Waals surface area contributed by atoms with Gasteiger partial charge in [-0.2, -0.15) is 0 Å². The summed E-state index contributed by atoms with van der Waals surface area (Å²) in [5.41, 5.74) is 0.679. The molecule has 4 nitrogen and oxygen atoms in total. The first kappa shape index (κ1) is 17.9. The molecule has 2 aromatic carbocycles. The molecule has 0 spiro atoms. The Kier molecular flexibility index (Phi) is 6.32. The second-order valence-corrected chi connectivity index (χ2v) is 5.59. The third kappa shape index (κ3) is 5.06. The van der Waals surface area contributed by atoms with Crippen molar-refractivity contribution in [3.8, 4) is 5.75 Å². The lowest BCUT2D eigenvalue weighted by Gasteiger charge is -2.08. The summed E-state index contributed by atoms with van der Waals surface area (Å²) in [6, 6.07) is 11.2. The highest BCUT2D eigenvalue weighted by atomic mass is 35.5. The molecule has 6 heteroatoms. The lowest BCUT2D eigenvalue weighted by atomic mass is 10.1. The molecule has 0 aromatic heterocycles. The molecule has 0 fully saturated rings. The van der Waals surface area contributed by atoms with Crippen LogP contribution in [0, 0.1) is 5.82 Å². The number of anilines is 1. The Balaban J connectivity index is 1.74. The van der Waals surface area contributed by atoms with E-state index in [1.165, 1.54) is 19.1 Å². The number of carbonyl (C=O) groups excluding carboxylic acids is 2. The van der Waals surface area contributed by atoms with Crippen molar-refractivity contribution < 1.29 is 18.7 Å². The summed E-state index contributed by atoms with van der Waals surface area (Å²) in [5.74, 6) is -0.339. The van der Waals surface area contributed by atoms with E-state index in [0.717, 1.165) is 0 Å². The van der Waals surface area contributed by atoms with E-state index in [1.54, 1.807) is 30.3 Å². The molecule has 0 aliphatic carbocycles. The Hall–Kier alpha value is -2.40. The van der Waals surface area contributed by atoms with E-state index in [0.29, 0.717) is 24.3 Å². The van der Waals surface area contributed by atoms with Crippen LogP contribution in [-0.2, 0) is 4.79 Å². The predicted molar refractivity (Wildman–Crippen MR) is 91.2 cm³/mol. The Bertz CT molecular complexity index is 732. The minimum absolute atomic E-state index is 0.00790. The van der Waals surface area contributed by atoms with Gasteiger partial charge < -0.3 is 10.1 Å². The number of amides is 1. The largest absolute Gasteiger partial charge is 0.494 e. The van der Waals surface area contributed by atoms with E-state index in [1.807, 2.05) is 0 Å². The fourth-order valence-corrected chi connectivity index (χ4v) is 2.20. The Morgan fingerprint density at radius 3 is 2.54 bits per heavy atom. The van der Waals surface area contributed by atoms with Gasteiger partial charge in [-0.1, -0.05) is 17.7 Å². The fraction of sp³-hybridized carbons (Fsp3) is 0.222. The summed E-state index contributed by atoms with van der Waals surface area (Å²) in [5, 5.41) is 2.44. The van der Waals surface area contributed by atoms with Crippen molar-refractivity contribution in [3.05, 3.63) is 58.9 Å². The summed E-state index contributed by atoms with van der Waals surface area (Å²) in [6.07, 6.45) is 0.667. The number of benzene rings is 2. The van der Waals surface area contributed by atoms with Crippen molar-refractivity contribution in [2.75, 3.05) is 11.9 Å². The van der Waals surface area contributed by atoms with Gasteiger partial charge in [0.2, 0.25) is 5.91 Å². The second kappa shape index (κ2) is 8.45. The molecule has 0 aliphatic heterocycles. The van der Waals surface area contributed by atoms with Gasteiger partial charge in [-0.3, -0.25) is 9.59 Å². The highest BCUT2D eigenvalue weighted by Crippen LogP contribution is 2.22. The molecule has 0 saturated heterocycles. The highest BCUT2D eigenvalue weighted by molar-refractivity contribution is 6.31. The van der Waals surface area contributed by atoms with Crippen molar-refractivity contribution in [2.45, 2.75) is 19.8 Å². The average molecular weight is 350 g/mol. The summed E-state index contributed by atoms with van der Waals surface area (Å²) in [6.45, 7) is 1.84. The van der Waals surface area contributed by atoms with E-state index in [2.05, 4.69) is 5.32 Å². The molecule has 0 saturated carbocycles. The van der Waals surface area contributed by atoms with E-state index in [9.17, 15) is 14.0 Å². The number of hydrogen-bond donors (Lipinski definition) is 1. The van der Waals surface area contributed by atoms with E-state index in [4.69, 9.17) is 16.3 Å². The quantitative estimate of drug-likeness (QED) is 0.592. The molecule has 1 amide bonds. The first-order valence-electron chi connectivity index (χ1n) is 7.45. The smallest absolute Gasteiger partial charge is 0.224 e. The van der Waals surface area contributed by atoms with Gasteiger partial charge in [-0.05, 0) is 49.7 Å². The lowest BCUT2D eigenvalue weighted by molar-refractivity contribution is -0.116. The maximum atomic E-state index is 13.7. The molecule has 126 valence electrons. The summed E-state index contributed by atoms with van der Waals surface area (Å²) < 4.78 is 19.2. The monoisotopic (exact) mass is 349 g/mol. The van der Waals surface area contributed by atoms with Crippen LogP contribution in [-0.4, -0.2) is 18.3 Å². The molecule has 0 bridgehead atoms. The van der Waals surface area contributed by atoms with Gasteiger partial charge in [0.15, 0.2) is 11.6 Å². The van der Waals surface area contributed by atoms with Crippen molar-refractivity contribution >= 4 is 29.0 Å². The molecular weight excluding hydrogens is 333 g/mol. The molecule has 24 heavy (non-hydrogen) atoms. The van der Waals surface area contributed by atoms with Crippen molar-refractivity contribution in [3.63, 3.8) is 0 Å². The number of ether oxygens (including phenoxy) is 1. The molecule has 0 atom stereocenters. The first-order valence-corrected chi connectivity index (χ1v) is 7.83. The fourth-order valence-electron chi connectivity index (χ4n) is 2.02. The molecular formula is C18H17ClFNO3. The van der Waals surface area contributed by atoms with Crippen LogP contribution in [0.5, 0.6) is 5.75 Å². The number of hydrogen-bond acceptors (Lipinski definition) is 3. The third-order valence-electron chi connectivity index (χ3n) is 3.30. The zero-order chi connectivity index (χ0) is 17.5. The topological polar surface area (TPSA) is 55.4 Å². The van der Waals surface area contributed by atoms with Gasteiger partial charge in [0.1, 0.15) is 5.75 Å². The highest BCUT2D eigenvalue weighted by Gasteiger charge is 2.09. The van der Waals surface area contributed by atoms with Gasteiger partial charge in [-0.25, -0.2) is 4.39 Å². The number of ketones is 1. The minimum Gasteiger partial charge on any atom is -0.494 e. The zero-order valence-electron chi connectivity index (χ0n) is 13.1. The van der Waals surface area contributed by atoms with Crippen molar-refractivity contribution in [1.82, 2.24) is 0 Å². The molecule has 0 aliphatic rings. The molecule has 0 unspecified atom stereocenters. The predicted octanol–water partition coefficient (Wildman–Crippen LogP) is 4.48. The van der Waals surface area contributed by atoms with Crippen LogP contribution in [0.4, 0.5) is 10.1 Å². The average Bonchev–Trinajstić information content (AvgIpc) is 2.56. The number of carbonyl (C=O) groups is 2. The normalized spacial score (nSPS) is 10.3. The summed E-state index contributed by atoms with van der Waals surface area (Å²) in [7, 11) is 0. The molecule has 0 heterocycles. The van der Waals surface area contributed by atoms with Gasteiger partial charge in [0, 0.05) is 12.0 Å².